The van der Waals surface area contributed by atoms with Crippen LogP contribution in [0.15, 0.2) is 47.1 Å². The molecule has 0 bridgehead atoms. The summed E-state index contributed by atoms with van der Waals surface area (Å²) in [4.78, 5) is 0. The minimum atomic E-state index is 0.243. The number of aliphatic hydroxyl groups excluding tert-OH is 1. The Hall–Kier alpha value is -1.74. The highest BCUT2D eigenvalue weighted by molar-refractivity contribution is 5.46. The molecule has 0 saturated carbocycles. The number of furan rings is 1. The lowest BCUT2D eigenvalue weighted by Gasteiger charge is -2.14. The Labute approximate surface area is 114 Å². The smallest absolute Gasteiger partial charge is 0.105 e. The Balaban J connectivity index is 1.90. The van der Waals surface area contributed by atoms with Gasteiger partial charge in [-0.05, 0) is 49.6 Å². The zero-order valence-electron chi connectivity index (χ0n) is 11.3. The van der Waals surface area contributed by atoms with E-state index in [-0.39, 0.29) is 6.61 Å². The molecular weight excluding hydrogens is 238 g/mol. The van der Waals surface area contributed by atoms with Gasteiger partial charge in [0, 0.05) is 24.8 Å². The standard InChI is InChI=1S/C16H21NO2/c1-13(11-16-8-4-10-19-16)17-15-7-2-5-14(12-15)6-3-9-18/h2,4-5,7-8,10,12-13,17-18H,3,6,9,11H2,1H3. The molecule has 0 fully saturated rings. The number of aliphatic hydroxyl groups is 1. The molecule has 0 aliphatic heterocycles. The predicted molar refractivity (Wildman–Crippen MR) is 77.3 cm³/mol. The van der Waals surface area contributed by atoms with E-state index in [1.54, 1.807) is 6.26 Å². The lowest BCUT2D eigenvalue weighted by Crippen LogP contribution is -2.17. The second-order valence-corrected chi connectivity index (χ2v) is 4.86. The highest BCUT2D eigenvalue weighted by Gasteiger charge is 2.06. The molecule has 2 N–H and O–H groups in total. The van der Waals surface area contributed by atoms with E-state index >= 15 is 0 Å². The molecule has 0 spiro atoms. The molecule has 0 radical (unpaired) electrons. The molecule has 1 unspecified atom stereocenters. The van der Waals surface area contributed by atoms with Crippen molar-refractivity contribution in [3.63, 3.8) is 0 Å². The van der Waals surface area contributed by atoms with Gasteiger partial charge in [-0.2, -0.15) is 0 Å². The van der Waals surface area contributed by atoms with Gasteiger partial charge < -0.3 is 14.8 Å². The summed E-state index contributed by atoms with van der Waals surface area (Å²) in [6.07, 6.45) is 4.30. The lowest BCUT2D eigenvalue weighted by atomic mass is 10.1. The summed E-state index contributed by atoms with van der Waals surface area (Å²) in [6.45, 7) is 2.38. The topological polar surface area (TPSA) is 45.4 Å². The van der Waals surface area contributed by atoms with Crippen molar-refractivity contribution in [2.75, 3.05) is 11.9 Å². The maximum absolute atomic E-state index is 8.86. The van der Waals surface area contributed by atoms with Crippen LogP contribution in [0.5, 0.6) is 0 Å². The minimum absolute atomic E-state index is 0.243. The van der Waals surface area contributed by atoms with Crippen LogP contribution in [0, 0.1) is 0 Å². The summed E-state index contributed by atoms with van der Waals surface area (Å²) >= 11 is 0. The zero-order chi connectivity index (χ0) is 13.5. The fourth-order valence-electron chi connectivity index (χ4n) is 2.17. The van der Waals surface area contributed by atoms with E-state index in [2.05, 4.69) is 36.5 Å². The van der Waals surface area contributed by atoms with Crippen LogP contribution in [0.2, 0.25) is 0 Å². The van der Waals surface area contributed by atoms with Crippen molar-refractivity contribution in [3.8, 4) is 0 Å². The molecule has 2 rings (SSSR count). The Kier molecular flexibility index (Phi) is 5.04. The third kappa shape index (κ3) is 4.45. The summed E-state index contributed by atoms with van der Waals surface area (Å²) in [5.74, 6) is 0.997. The molecule has 1 aromatic heterocycles. The first-order valence-electron chi connectivity index (χ1n) is 6.76. The van der Waals surface area contributed by atoms with Gasteiger partial charge in [0.1, 0.15) is 5.76 Å². The van der Waals surface area contributed by atoms with Gasteiger partial charge in [0.05, 0.1) is 6.26 Å². The highest BCUT2D eigenvalue weighted by atomic mass is 16.3. The van der Waals surface area contributed by atoms with Gasteiger partial charge in [0.2, 0.25) is 0 Å². The van der Waals surface area contributed by atoms with Gasteiger partial charge in [-0.3, -0.25) is 0 Å². The summed E-state index contributed by atoms with van der Waals surface area (Å²) in [7, 11) is 0. The van der Waals surface area contributed by atoms with Gasteiger partial charge in [-0.1, -0.05) is 12.1 Å². The normalized spacial score (nSPS) is 12.3. The van der Waals surface area contributed by atoms with E-state index in [1.165, 1.54) is 5.56 Å². The monoisotopic (exact) mass is 259 g/mol. The first-order chi connectivity index (χ1) is 9.28. The second-order valence-electron chi connectivity index (χ2n) is 4.86. The highest BCUT2D eigenvalue weighted by Crippen LogP contribution is 2.15. The van der Waals surface area contributed by atoms with Crippen LogP contribution in [0.4, 0.5) is 5.69 Å². The Morgan fingerprint density at radius 3 is 2.89 bits per heavy atom. The molecule has 1 heterocycles. The third-order valence-corrected chi connectivity index (χ3v) is 3.05. The molecular formula is C16H21NO2. The fourth-order valence-corrected chi connectivity index (χ4v) is 2.17. The van der Waals surface area contributed by atoms with Crippen LogP contribution in [0.1, 0.15) is 24.7 Å². The number of rotatable bonds is 7. The summed E-state index contributed by atoms with van der Waals surface area (Å²) < 4.78 is 5.35. The van der Waals surface area contributed by atoms with Crippen LogP contribution in [0.3, 0.4) is 0 Å². The Morgan fingerprint density at radius 1 is 1.26 bits per heavy atom. The molecule has 3 heteroatoms. The van der Waals surface area contributed by atoms with E-state index in [9.17, 15) is 0 Å². The first-order valence-corrected chi connectivity index (χ1v) is 6.76. The molecule has 1 atom stereocenters. The average molecular weight is 259 g/mol. The molecule has 0 aliphatic carbocycles. The summed E-state index contributed by atoms with van der Waals surface area (Å²) in [5.41, 5.74) is 2.37. The fraction of sp³-hybridized carbons (Fsp3) is 0.375. The van der Waals surface area contributed by atoms with E-state index in [4.69, 9.17) is 9.52 Å². The van der Waals surface area contributed by atoms with Crippen molar-refractivity contribution in [2.45, 2.75) is 32.2 Å². The largest absolute Gasteiger partial charge is 0.469 e. The van der Waals surface area contributed by atoms with Crippen LogP contribution >= 0.6 is 0 Å². The molecule has 3 nitrogen and oxygen atoms in total. The van der Waals surface area contributed by atoms with Crippen molar-refractivity contribution in [1.82, 2.24) is 0 Å². The molecule has 1 aromatic carbocycles. The van der Waals surface area contributed by atoms with Crippen LogP contribution in [-0.2, 0) is 12.8 Å². The predicted octanol–water partition coefficient (Wildman–Crippen LogP) is 3.25. The van der Waals surface area contributed by atoms with Crippen molar-refractivity contribution in [1.29, 1.82) is 0 Å². The van der Waals surface area contributed by atoms with Gasteiger partial charge >= 0.3 is 0 Å². The number of hydrogen-bond donors (Lipinski definition) is 2. The number of anilines is 1. The van der Waals surface area contributed by atoms with E-state index in [0.717, 1.165) is 30.7 Å². The molecule has 19 heavy (non-hydrogen) atoms. The third-order valence-electron chi connectivity index (χ3n) is 3.05. The number of aryl methyl sites for hydroxylation is 1. The van der Waals surface area contributed by atoms with Crippen molar-refractivity contribution >= 4 is 5.69 Å². The van der Waals surface area contributed by atoms with E-state index < -0.39 is 0 Å². The Morgan fingerprint density at radius 2 is 2.16 bits per heavy atom. The average Bonchev–Trinajstić information content (AvgIpc) is 2.89. The second kappa shape index (κ2) is 7.00. The van der Waals surface area contributed by atoms with Crippen LogP contribution in [0.25, 0.3) is 0 Å². The van der Waals surface area contributed by atoms with Crippen molar-refractivity contribution in [2.24, 2.45) is 0 Å². The van der Waals surface area contributed by atoms with Gasteiger partial charge in [-0.15, -0.1) is 0 Å². The Bertz CT molecular complexity index is 479. The molecule has 0 amide bonds. The van der Waals surface area contributed by atoms with Crippen molar-refractivity contribution in [3.05, 3.63) is 54.0 Å². The maximum atomic E-state index is 8.86. The molecule has 102 valence electrons. The summed E-state index contributed by atoms with van der Waals surface area (Å²) in [6, 6.07) is 12.6. The molecule has 2 aromatic rings. The van der Waals surface area contributed by atoms with Crippen molar-refractivity contribution < 1.29 is 9.52 Å². The van der Waals surface area contributed by atoms with Gasteiger partial charge in [0.25, 0.3) is 0 Å². The number of benzene rings is 1. The van der Waals surface area contributed by atoms with E-state index in [0.29, 0.717) is 6.04 Å². The van der Waals surface area contributed by atoms with Crippen LogP contribution in [-0.4, -0.2) is 17.8 Å². The van der Waals surface area contributed by atoms with Gasteiger partial charge in [0.15, 0.2) is 0 Å². The molecule has 0 aliphatic rings. The SMILES string of the molecule is CC(Cc1ccco1)Nc1cccc(CCCO)c1. The first kappa shape index (κ1) is 13.7. The maximum Gasteiger partial charge on any atom is 0.105 e. The van der Waals surface area contributed by atoms with E-state index in [1.807, 2.05) is 12.1 Å². The van der Waals surface area contributed by atoms with Gasteiger partial charge in [-0.25, -0.2) is 0 Å². The summed E-state index contributed by atoms with van der Waals surface area (Å²) in [5, 5.41) is 12.3. The zero-order valence-corrected chi connectivity index (χ0v) is 11.3. The number of nitrogens with one attached hydrogen (secondary N) is 1. The lowest BCUT2D eigenvalue weighted by molar-refractivity contribution is 0.288. The minimum Gasteiger partial charge on any atom is -0.469 e. The quantitative estimate of drug-likeness (QED) is 0.802. The van der Waals surface area contributed by atoms with Crippen LogP contribution < -0.4 is 5.32 Å². The molecule has 0 saturated heterocycles. The number of hydrogen-bond acceptors (Lipinski definition) is 3.